The highest BCUT2D eigenvalue weighted by atomic mass is 35.5. The molecule has 0 fully saturated rings. The number of Topliss-reactive ketones (excluding diaryl/α,β-unsaturated/α-hetero) is 1. The van der Waals surface area contributed by atoms with Crippen LogP contribution in [0, 0.1) is 10.8 Å². The van der Waals surface area contributed by atoms with E-state index in [1.54, 1.807) is 65.8 Å². The van der Waals surface area contributed by atoms with Crippen molar-refractivity contribution < 1.29 is 33.6 Å². The number of ketones is 1. The molecule has 0 saturated heterocycles. The van der Waals surface area contributed by atoms with E-state index >= 15 is 0 Å². The average molecular weight is 759 g/mol. The highest BCUT2D eigenvalue weighted by Gasteiger charge is 2.50. The van der Waals surface area contributed by atoms with Crippen LogP contribution in [0.4, 0.5) is 21.9 Å². The molecule has 3 aromatic rings. The molecule has 52 heavy (non-hydrogen) atoms. The zero-order valence-corrected chi connectivity index (χ0v) is 33.3. The summed E-state index contributed by atoms with van der Waals surface area (Å²) in [5.74, 6) is -0.351. The lowest BCUT2D eigenvalue weighted by Gasteiger charge is -2.38. The van der Waals surface area contributed by atoms with Gasteiger partial charge in [0, 0.05) is 47.9 Å². The van der Waals surface area contributed by atoms with Crippen LogP contribution in [-0.4, -0.2) is 56.7 Å². The van der Waals surface area contributed by atoms with E-state index in [4.69, 9.17) is 37.6 Å². The number of nitrogens with zero attached hydrogens (tertiary/aromatic N) is 2. The maximum Gasteiger partial charge on any atom is 0.414 e. The van der Waals surface area contributed by atoms with E-state index in [1.165, 1.54) is 18.1 Å². The van der Waals surface area contributed by atoms with Crippen molar-refractivity contribution in [2.75, 3.05) is 48.5 Å². The Balaban J connectivity index is 2.07. The zero-order chi connectivity index (χ0) is 38.7. The molecule has 1 atom stereocenters. The summed E-state index contributed by atoms with van der Waals surface area (Å²) in [6.45, 7) is 16.7. The van der Waals surface area contributed by atoms with E-state index < -0.39 is 28.4 Å². The van der Waals surface area contributed by atoms with Crippen molar-refractivity contribution in [3.8, 4) is 5.75 Å². The fourth-order valence-electron chi connectivity index (χ4n) is 5.76. The molecule has 12 heteroatoms. The smallest absolute Gasteiger partial charge is 0.414 e. The number of hydrogen-bond donors (Lipinski definition) is 1. The Morgan fingerprint density at radius 2 is 1.42 bits per heavy atom. The van der Waals surface area contributed by atoms with Gasteiger partial charge >= 0.3 is 6.09 Å². The van der Waals surface area contributed by atoms with Gasteiger partial charge in [-0.05, 0) is 101 Å². The number of anilines is 3. The fourth-order valence-corrected chi connectivity index (χ4v) is 6.22. The van der Waals surface area contributed by atoms with Gasteiger partial charge in [0.25, 0.3) is 0 Å². The van der Waals surface area contributed by atoms with Crippen molar-refractivity contribution in [3.63, 3.8) is 0 Å². The standard InChI is InChI=1S/C40H53Cl2N3O7/c1-10-44(11-2)30-15-17-31(18-16-30)45(37(48)52-39(6,7)8)24-22-40(35(46)38(3,4)5,36(47)43-34-21-14-29(41)26-33(34)42)23-25-50-32-19-12-28(13-20-32)27-51-49-9/h12-21,26H,10-11,22-25,27H2,1-9H3,(H,43,47). The Morgan fingerprint density at radius 3 is 1.96 bits per heavy atom. The topological polar surface area (TPSA) is 107 Å². The monoisotopic (exact) mass is 757 g/mol. The summed E-state index contributed by atoms with van der Waals surface area (Å²) in [4.78, 5) is 56.5. The Labute approximate surface area is 318 Å². The van der Waals surface area contributed by atoms with Gasteiger partial charge in [0.1, 0.15) is 23.4 Å². The fraction of sp³-hybridized carbons (Fsp3) is 0.475. The molecular weight excluding hydrogens is 705 g/mol. The molecule has 0 saturated carbocycles. The van der Waals surface area contributed by atoms with Crippen LogP contribution in [0.3, 0.4) is 0 Å². The van der Waals surface area contributed by atoms with Gasteiger partial charge in [-0.2, -0.15) is 0 Å². The van der Waals surface area contributed by atoms with E-state index in [0.717, 1.165) is 24.3 Å². The van der Waals surface area contributed by atoms with Crippen LogP contribution < -0.4 is 19.9 Å². The van der Waals surface area contributed by atoms with Gasteiger partial charge in [-0.3, -0.25) is 14.5 Å². The molecular formula is C40H53Cl2N3O7. The molecule has 3 aromatic carbocycles. The van der Waals surface area contributed by atoms with Gasteiger partial charge < -0.3 is 19.7 Å². The minimum Gasteiger partial charge on any atom is -0.494 e. The summed E-state index contributed by atoms with van der Waals surface area (Å²) in [6.07, 6.45) is -0.652. The number of carbonyl (C=O) groups is 3. The lowest BCUT2D eigenvalue weighted by atomic mass is 9.67. The Kier molecular flexibility index (Phi) is 15.4. The molecule has 0 aliphatic rings. The zero-order valence-electron chi connectivity index (χ0n) is 31.8. The largest absolute Gasteiger partial charge is 0.494 e. The summed E-state index contributed by atoms with van der Waals surface area (Å²) in [6, 6.07) is 19.5. The molecule has 10 nitrogen and oxygen atoms in total. The second kappa shape index (κ2) is 18.8. The highest BCUT2D eigenvalue weighted by molar-refractivity contribution is 6.36. The third-order valence-electron chi connectivity index (χ3n) is 8.46. The van der Waals surface area contributed by atoms with Gasteiger partial charge in [0.05, 0.1) is 24.4 Å². The second-order valence-corrected chi connectivity index (χ2v) is 15.3. The number of carbonyl (C=O) groups excluding carboxylic acids is 3. The number of amides is 2. The first-order chi connectivity index (χ1) is 24.4. The van der Waals surface area contributed by atoms with Crippen LogP contribution >= 0.6 is 23.2 Å². The quantitative estimate of drug-likeness (QED) is 0.0824. The molecule has 1 N–H and O–H groups in total. The first-order valence-corrected chi connectivity index (χ1v) is 18.2. The van der Waals surface area contributed by atoms with Crippen LogP contribution in [0.1, 0.15) is 73.8 Å². The third-order valence-corrected chi connectivity index (χ3v) is 9.01. The number of ether oxygens (including phenoxy) is 2. The minimum absolute atomic E-state index is 0.00224. The SMILES string of the molecule is CCN(CC)c1ccc(N(CCC(CCOc2ccc(COOC)cc2)(C(=O)Nc2ccc(Cl)cc2Cl)C(=O)C(C)(C)C)C(=O)OC(C)(C)C)cc1. The molecule has 3 rings (SSSR count). The van der Waals surface area contributed by atoms with Crippen molar-refractivity contribution in [3.05, 3.63) is 82.3 Å². The first kappa shape index (κ1) is 42.6. The maximum absolute atomic E-state index is 14.6. The van der Waals surface area contributed by atoms with E-state index in [9.17, 15) is 14.4 Å². The highest BCUT2D eigenvalue weighted by Crippen LogP contribution is 2.39. The molecule has 0 aromatic heterocycles. The lowest BCUT2D eigenvalue weighted by molar-refractivity contribution is -0.282. The number of hydrogen-bond acceptors (Lipinski definition) is 8. The summed E-state index contributed by atoms with van der Waals surface area (Å²) in [5.41, 5.74) is -0.674. The predicted molar refractivity (Wildman–Crippen MR) is 209 cm³/mol. The molecule has 0 bridgehead atoms. The number of benzene rings is 3. The molecule has 2 amide bonds. The van der Waals surface area contributed by atoms with Crippen LogP contribution in [0.15, 0.2) is 66.7 Å². The minimum atomic E-state index is -1.67. The van der Waals surface area contributed by atoms with Gasteiger partial charge in [0.2, 0.25) is 5.91 Å². The summed E-state index contributed by atoms with van der Waals surface area (Å²) < 4.78 is 12.0. The summed E-state index contributed by atoms with van der Waals surface area (Å²) in [7, 11) is 1.44. The van der Waals surface area contributed by atoms with Gasteiger partial charge in [-0.1, -0.05) is 56.1 Å². The molecule has 0 radical (unpaired) electrons. The van der Waals surface area contributed by atoms with Crippen LogP contribution in [0.25, 0.3) is 0 Å². The first-order valence-electron chi connectivity index (χ1n) is 17.5. The number of nitrogens with one attached hydrogen (secondary N) is 1. The van der Waals surface area contributed by atoms with Crippen LogP contribution in [-0.2, 0) is 30.7 Å². The average Bonchev–Trinajstić information content (AvgIpc) is 3.08. The van der Waals surface area contributed by atoms with Crippen molar-refractivity contribution in [2.24, 2.45) is 10.8 Å². The lowest BCUT2D eigenvalue weighted by Crippen LogP contribution is -2.51. The Bertz CT molecular complexity index is 1630. The normalized spacial score (nSPS) is 12.8. The Morgan fingerprint density at radius 1 is 0.808 bits per heavy atom. The van der Waals surface area contributed by atoms with E-state index in [0.29, 0.717) is 22.1 Å². The third kappa shape index (κ3) is 11.8. The van der Waals surface area contributed by atoms with Crippen molar-refractivity contribution in [2.45, 2.75) is 80.4 Å². The van der Waals surface area contributed by atoms with Gasteiger partial charge in [-0.25, -0.2) is 14.6 Å². The van der Waals surface area contributed by atoms with Crippen molar-refractivity contribution >= 4 is 58.0 Å². The van der Waals surface area contributed by atoms with E-state index in [2.05, 4.69) is 29.0 Å². The molecule has 0 heterocycles. The van der Waals surface area contributed by atoms with Gasteiger partial charge in [-0.15, -0.1) is 0 Å². The number of halogens is 2. The van der Waals surface area contributed by atoms with E-state index in [-0.39, 0.29) is 43.4 Å². The molecule has 0 spiro atoms. The molecule has 284 valence electrons. The van der Waals surface area contributed by atoms with Crippen LogP contribution in [0.2, 0.25) is 10.0 Å². The van der Waals surface area contributed by atoms with Crippen LogP contribution in [0.5, 0.6) is 5.75 Å². The molecule has 0 aliphatic carbocycles. The predicted octanol–water partition coefficient (Wildman–Crippen LogP) is 9.76. The van der Waals surface area contributed by atoms with Crippen molar-refractivity contribution in [1.82, 2.24) is 0 Å². The molecule has 1 unspecified atom stereocenters. The Hall–Kier alpha value is -3.83. The maximum atomic E-state index is 14.6. The summed E-state index contributed by atoms with van der Waals surface area (Å²) in [5, 5.41) is 3.51. The van der Waals surface area contributed by atoms with E-state index in [1.807, 2.05) is 36.4 Å². The molecule has 0 aliphatic heterocycles. The van der Waals surface area contributed by atoms with Crippen molar-refractivity contribution in [1.29, 1.82) is 0 Å². The summed E-state index contributed by atoms with van der Waals surface area (Å²) >= 11 is 12.6. The second-order valence-electron chi connectivity index (χ2n) is 14.5. The number of rotatable bonds is 17. The van der Waals surface area contributed by atoms with Gasteiger partial charge in [0.15, 0.2) is 5.78 Å².